The fourth-order valence-corrected chi connectivity index (χ4v) is 1.93. The van der Waals surface area contributed by atoms with Crippen molar-refractivity contribution in [3.05, 3.63) is 63.9 Å². The van der Waals surface area contributed by atoms with E-state index in [1.165, 1.54) is 6.07 Å². The molecule has 0 atom stereocenters. The van der Waals surface area contributed by atoms with Crippen LogP contribution in [-0.4, -0.2) is 0 Å². The molecule has 0 fully saturated rings. The van der Waals surface area contributed by atoms with E-state index in [2.05, 4.69) is 0 Å². The average molecular weight is 280 g/mol. The van der Waals surface area contributed by atoms with Gasteiger partial charge in [-0.15, -0.1) is 0 Å². The molecule has 0 aliphatic heterocycles. The predicted octanol–water partition coefficient (Wildman–Crippen LogP) is 3.83. The van der Waals surface area contributed by atoms with E-state index in [9.17, 15) is 4.39 Å². The van der Waals surface area contributed by atoms with Gasteiger partial charge in [0.2, 0.25) is 0 Å². The van der Waals surface area contributed by atoms with Gasteiger partial charge >= 0.3 is 0 Å². The highest BCUT2D eigenvalue weighted by Crippen LogP contribution is 2.26. The lowest BCUT2D eigenvalue weighted by molar-refractivity contribution is 0.306. The van der Waals surface area contributed by atoms with Crippen LogP contribution in [0, 0.1) is 12.7 Å². The number of nitrogens with two attached hydrogens (primary N) is 1. The summed E-state index contributed by atoms with van der Waals surface area (Å²) in [5, 5.41) is 0.562. The van der Waals surface area contributed by atoms with E-state index in [4.69, 9.17) is 22.1 Å². The molecule has 0 aliphatic carbocycles. The van der Waals surface area contributed by atoms with E-state index in [0.29, 0.717) is 22.9 Å². The molecule has 2 nitrogen and oxygen atoms in total. The summed E-state index contributed by atoms with van der Waals surface area (Å²) in [4.78, 5) is 0. The zero-order valence-electron chi connectivity index (χ0n) is 10.6. The van der Waals surface area contributed by atoms with Crippen molar-refractivity contribution in [2.45, 2.75) is 20.1 Å². The van der Waals surface area contributed by atoms with Gasteiger partial charge in [0.1, 0.15) is 18.2 Å². The fraction of sp³-hybridized carbons (Fsp3) is 0.200. The predicted molar refractivity (Wildman–Crippen MR) is 74.8 cm³/mol. The van der Waals surface area contributed by atoms with Crippen LogP contribution in [0.4, 0.5) is 4.39 Å². The van der Waals surface area contributed by atoms with Crippen molar-refractivity contribution in [1.29, 1.82) is 0 Å². The molecule has 0 aliphatic rings. The van der Waals surface area contributed by atoms with Crippen molar-refractivity contribution in [2.24, 2.45) is 5.73 Å². The Hall–Kier alpha value is -1.58. The molecule has 4 heteroatoms. The largest absolute Gasteiger partial charge is 0.487 e. The molecule has 0 radical (unpaired) electrons. The van der Waals surface area contributed by atoms with Gasteiger partial charge in [-0.3, -0.25) is 0 Å². The lowest BCUT2D eigenvalue weighted by Gasteiger charge is -2.10. The second kappa shape index (κ2) is 6.04. The molecule has 2 rings (SSSR count). The van der Waals surface area contributed by atoms with Crippen LogP contribution in [0.25, 0.3) is 0 Å². The maximum absolute atomic E-state index is 13.3. The highest BCUT2D eigenvalue weighted by Gasteiger charge is 2.05. The topological polar surface area (TPSA) is 35.2 Å². The van der Waals surface area contributed by atoms with Gasteiger partial charge in [-0.1, -0.05) is 23.7 Å². The molecule has 0 amide bonds. The van der Waals surface area contributed by atoms with Crippen LogP contribution >= 0.6 is 11.6 Å². The normalized spacial score (nSPS) is 10.5. The average Bonchev–Trinajstić information content (AvgIpc) is 2.41. The first-order valence-corrected chi connectivity index (χ1v) is 6.34. The SMILES string of the molecule is Cc1ccc(Cl)c(OCc2ccc(F)c(CN)c2)c1. The van der Waals surface area contributed by atoms with Crippen LogP contribution in [0.5, 0.6) is 5.75 Å². The van der Waals surface area contributed by atoms with E-state index >= 15 is 0 Å². The van der Waals surface area contributed by atoms with E-state index in [1.54, 1.807) is 18.2 Å². The Kier molecular flexibility index (Phi) is 4.40. The Morgan fingerprint density at radius 3 is 2.74 bits per heavy atom. The van der Waals surface area contributed by atoms with Crippen LogP contribution in [0.3, 0.4) is 0 Å². The second-order valence-corrected chi connectivity index (χ2v) is 4.76. The van der Waals surface area contributed by atoms with Crippen molar-refractivity contribution in [2.75, 3.05) is 0 Å². The fourth-order valence-electron chi connectivity index (χ4n) is 1.76. The summed E-state index contributed by atoms with van der Waals surface area (Å²) in [6.07, 6.45) is 0. The third-order valence-electron chi connectivity index (χ3n) is 2.81. The monoisotopic (exact) mass is 279 g/mol. The van der Waals surface area contributed by atoms with Gasteiger partial charge in [0.25, 0.3) is 0 Å². The van der Waals surface area contributed by atoms with Gasteiger partial charge < -0.3 is 10.5 Å². The van der Waals surface area contributed by atoms with Crippen molar-refractivity contribution >= 4 is 11.6 Å². The molecule has 0 saturated carbocycles. The Morgan fingerprint density at radius 2 is 2.00 bits per heavy atom. The number of ether oxygens (including phenoxy) is 1. The maximum Gasteiger partial charge on any atom is 0.138 e. The number of hydrogen-bond acceptors (Lipinski definition) is 2. The summed E-state index contributed by atoms with van der Waals surface area (Å²) in [6.45, 7) is 2.47. The number of hydrogen-bond donors (Lipinski definition) is 1. The third kappa shape index (κ3) is 3.46. The van der Waals surface area contributed by atoms with E-state index < -0.39 is 0 Å². The second-order valence-electron chi connectivity index (χ2n) is 4.35. The van der Waals surface area contributed by atoms with Crippen molar-refractivity contribution in [3.63, 3.8) is 0 Å². The Labute approximate surface area is 117 Å². The minimum absolute atomic E-state index is 0.172. The molecule has 0 aromatic heterocycles. The molecule has 2 N–H and O–H groups in total. The van der Waals surface area contributed by atoms with E-state index in [0.717, 1.165) is 11.1 Å². The molecule has 0 bridgehead atoms. The van der Waals surface area contributed by atoms with Crippen LogP contribution in [-0.2, 0) is 13.2 Å². The summed E-state index contributed by atoms with van der Waals surface area (Å²) in [6, 6.07) is 10.4. The molecule has 0 unspecified atom stereocenters. The highest BCUT2D eigenvalue weighted by molar-refractivity contribution is 6.32. The number of aryl methyl sites for hydroxylation is 1. The molecule has 0 saturated heterocycles. The van der Waals surface area contributed by atoms with Gasteiger partial charge in [-0.05, 0) is 42.3 Å². The molecular weight excluding hydrogens is 265 g/mol. The Morgan fingerprint density at radius 1 is 1.21 bits per heavy atom. The number of rotatable bonds is 4. The van der Waals surface area contributed by atoms with Crippen molar-refractivity contribution in [3.8, 4) is 5.75 Å². The van der Waals surface area contributed by atoms with E-state index in [1.807, 2.05) is 19.1 Å². The molecule has 0 heterocycles. The number of halogens is 2. The van der Waals surface area contributed by atoms with Crippen LogP contribution in [0.2, 0.25) is 5.02 Å². The smallest absolute Gasteiger partial charge is 0.138 e. The molecule has 100 valence electrons. The highest BCUT2D eigenvalue weighted by atomic mass is 35.5. The summed E-state index contributed by atoms with van der Waals surface area (Å²) >= 11 is 6.04. The zero-order chi connectivity index (χ0) is 13.8. The van der Waals surface area contributed by atoms with Crippen molar-refractivity contribution < 1.29 is 9.13 Å². The van der Waals surface area contributed by atoms with Gasteiger partial charge in [0.05, 0.1) is 5.02 Å². The van der Waals surface area contributed by atoms with E-state index in [-0.39, 0.29) is 12.4 Å². The standard InChI is InChI=1S/C15H15ClFNO/c1-10-2-4-13(16)15(6-10)19-9-11-3-5-14(17)12(7-11)8-18/h2-7H,8-9,18H2,1H3. The first kappa shape index (κ1) is 13.8. The van der Waals surface area contributed by atoms with Gasteiger partial charge in [0.15, 0.2) is 0 Å². The molecule has 19 heavy (non-hydrogen) atoms. The first-order valence-electron chi connectivity index (χ1n) is 5.96. The maximum atomic E-state index is 13.3. The summed E-state index contributed by atoms with van der Waals surface area (Å²) in [7, 11) is 0. The Balaban J connectivity index is 2.12. The molecule has 2 aromatic carbocycles. The zero-order valence-corrected chi connectivity index (χ0v) is 11.4. The van der Waals surface area contributed by atoms with Crippen LogP contribution < -0.4 is 10.5 Å². The molecular formula is C15H15ClFNO. The van der Waals surface area contributed by atoms with Gasteiger partial charge in [-0.2, -0.15) is 0 Å². The lowest BCUT2D eigenvalue weighted by Crippen LogP contribution is -2.03. The minimum Gasteiger partial charge on any atom is -0.487 e. The first-order chi connectivity index (χ1) is 9.10. The van der Waals surface area contributed by atoms with Crippen molar-refractivity contribution in [1.82, 2.24) is 0 Å². The summed E-state index contributed by atoms with van der Waals surface area (Å²) < 4.78 is 19.0. The quantitative estimate of drug-likeness (QED) is 0.923. The van der Waals surface area contributed by atoms with Gasteiger partial charge in [0, 0.05) is 12.1 Å². The van der Waals surface area contributed by atoms with Gasteiger partial charge in [-0.25, -0.2) is 4.39 Å². The van der Waals surface area contributed by atoms with Crippen LogP contribution in [0.1, 0.15) is 16.7 Å². The number of benzene rings is 2. The summed E-state index contributed by atoms with van der Waals surface area (Å²) in [5.41, 5.74) is 7.88. The summed E-state index contributed by atoms with van der Waals surface area (Å²) in [5.74, 6) is 0.333. The Bertz CT molecular complexity index is 586. The molecule has 0 spiro atoms. The minimum atomic E-state index is -0.292. The lowest BCUT2D eigenvalue weighted by atomic mass is 10.1. The molecule has 2 aromatic rings. The van der Waals surface area contributed by atoms with Crippen LogP contribution in [0.15, 0.2) is 36.4 Å². The third-order valence-corrected chi connectivity index (χ3v) is 3.12.